The summed E-state index contributed by atoms with van der Waals surface area (Å²) >= 11 is 0. The van der Waals surface area contributed by atoms with E-state index in [9.17, 15) is 0 Å². The van der Waals surface area contributed by atoms with Gasteiger partial charge in [-0.25, -0.2) is 0 Å². The molecule has 1 aliphatic heterocycles. The molecule has 1 aliphatic rings. The van der Waals surface area contributed by atoms with Gasteiger partial charge in [0.25, 0.3) is 5.82 Å². The van der Waals surface area contributed by atoms with Crippen molar-refractivity contribution in [1.29, 1.82) is 0 Å². The first-order chi connectivity index (χ1) is 13.2. The van der Waals surface area contributed by atoms with Crippen molar-refractivity contribution in [3.63, 3.8) is 0 Å². The predicted molar refractivity (Wildman–Crippen MR) is 110 cm³/mol. The third-order valence-electron chi connectivity index (χ3n) is 5.56. The first-order valence-electron chi connectivity index (χ1n) is 9.60. The molecule has 0 saturated carbocycles. The van der Waals surface area contributed by atoms with Gasteiger partial charge >= 0.3 is 0 Å². The van der Waals surface area contributed by atoms with E-state index in [2.05, 4.69) is 102 Å². The highest BCUT2D eigenvalue weighted by Gasteiger charge is 2.31. The van der Waals surface area contributed by atoms with Gasteiger partial charge in [0.05, 0.1) is 6.42 Å². The molecule has 1 aromatic heterocycles. The highest BCUT2D eigenvalue weighted by Crippen LogP contribution is 2.30. The number of aromatic nitrogens is 2. The van der Waals surface area contributed by atoms with E-state index in [1.165, 1.54) is 45.1 Å². The molecule has 0 N–H and O–H groups in total. The standard InChI is InChI=1S/C25H23N2.BrH/c1-18-12-14-22(19(2)16-18)27-24(20-8-4-3-5-9-20)17-26-23-11-7-6-10-21(23)13-15-25(26)27;/h3-12,14,16-17H,13,15H2,1-2H3;1H/q+1;/p-1. The van der Waals surface area contributed by atoms with Gasteiger partial charge in [-0.1, -0.05) is 66.2 Å². The zero-order valence-electron chi connectivity index (χ0n) is 16.2. The van der Waals surface area contributed by atoms with Crippen molar-refractivity contribution in [3.05, 3.63) is 102 Å². The van der Waals surface area contributed by atoms with Crippen LogP contribution in [0.4, 0.5) is 0 Å². The van der Waals surface area contributed by atoms with Crippen molar-refractivity contribution >= 4 is 0 Å². The van der Waals surface area contributed by atoms with Crippen LogP contribution in [-0.2, 0) is 12.8 Å². The summed E-state index contributed by atoms with van der Waals surface area (Å²) in [5.74, 6) is 1.35. The van der Waals surface area contributed by atoms with E-state index in [0.717, 1.165) is 12.8 Å². The van der Waals surface area contributed by atoms with Crippen LogP contribution in [0.1, 0.15) is 22.5 Å². The summed E-state index contributed by atoms with van der Waals surface area (Å²) in [5, 5.41) is 0. The summed E-state index contributed by atoms with van der Waals surface area (Å²) < 4.78 is 4.85. The number of aryl methyl sites for hydroxylation is 3. The molecular formula is C25H23BrN2. The van der Waals surface area contributed by atoms with Gasteiger partial charge < -0.3 is 17.0 Å². The lowest BCUT2D eigenvalue weighted by Crippen LogP contribution is -3.00. The minimum absolute atomic E-state index is 0. The van der Waals surface area contributed by atoms with Crippen LogP contribution in [0.2, 0.25) is 0 Å². The molecule has 0 bridgehead atoms. The third-order valence-corrected chi connectivity index (χ3v) is 5.56. The Kier molecular flexibility index (Phi) is 4.94. The molecule has 140 valence electrons. The fourth-order valence-electron chi connectivity index (χ4n) is 4.28. The van der Waals surface area contributed by atoms with Crippen molar-refractivity contribution in [2.75, 3.05) is 0 Å². The summed E-state index contributed by atoms with van der Waals surface area (Å²) in [5.41, 5.74) is 9.10. The van der Waals surface area contributed by atoms with Gasteiger partial charge in [0.15, 0.2) is 5.69 Å². The topological polar surface area (TPSA) is 8.81 Å². The van der Waals surface area contributed by atoms with Crippen LogP contribution >= 0.6 is 0 Å². The Labute approximate surface area is 176 Å². The molecule has 3 aromatic carbocycles. The number of rotatable bonds is 2. The van der Waals surface area contributed by atoms with Crippen molar-refractivity contribution in [2.45, 2.75) is 26.7 Å². The molecule has 2 nitrogen and oxygen atoms in total. The Hall–Kier alpha value is -2.65. The van der Waals surface area contributed by atoms with E-state index in [0.29, 0.717) is 0 Å². The van der Waals surface area contributed by atoms with Gasteiger partial charge in [-0.2, -0.15) is 9.13 Å². The molecule has 0 saturated heterocycles. The summed E-state index contributed by atoms with van der Waals surface area (Å²) in [6.45, 7) is 4.37. The van der Waals surface area contributed by atoms with Crippen LogP contribution in [0.15, 0.2) is 79.0 Å². The molecule has 4 aromatic rings. The summed E-state index contributed by atoms with van der Waals surface area (Å²) in [7, 11) is 0. The molecule has 0 atom stereocenters. The number of imidazole rings is 1. The fourth-order valence-corrected chi connectivity index (χ4v) is 4.28. The molecule has 28 heavy (non-hydrogen) atoms. The summed E-state index contributed by atoms with van der Waals surface area (Å²) in [6, 6.07) is 26.2. The van der Waals surface area contributed by atoms with Crippen LogP contribution in [0.3, 0.4) is 0 Å². The fraction of sp³-hybridized carbons (Fsp3) is 0.160. The van der Waals surface area contributed by atoms with Gasteiger partial charge in [0.1, 0.15) is 17.6 Å². The number of benzene rings is 3. The maximum atomic E-state index is 2.46. The van der Waals surface area contributed by atoms with E-state index in [-0.39, 0.29) is 17.0 Å². The maximum absolute atomic E-state index is 2.46. The zero-order valence-corrected chi connectivity index (χ0v) is 17.8. The molecule has 5 rings (SSSR count). The van der Waals surface area contributed by atoms with Crippen LogP contribution in [0, 0.1) is 13.8 Å². The van der Waals surface area contributed by atoms with Gasteiger partial charge in [-0.3, -0.25) is 0 Å². The molecule has 3 heteroatoms. The van der Waals surface area contributed by atoms with Crippen molar-refractivity contribution in [2.24, 2.45) is 0 Å². The molecule has 0 radical (unpaired) electrons. The first kappa shape index (κ1) is 18.7. The second-order valence-electron chi connectivity index (χ2n) is 7.42. The van der Waals surface area contributed by atoms with Crippen LogP contribution in [0.5, 0.6) is 0 Å². The Morgan fingerprint density at radius 1 is 0.821 bits per heavy atom. The highest BCUT2D eigenvalue weighted by atomic mass is 79.9. The van der Waals surface area contributed by atoms with Crippen molar-refractivity contribution in [1.82, 2.24) is 4.57 Å². The number of halogens is 1. The molecule has 2 heterocycles. The van der Waals surface area contributed by atoms with Crippen LogP contribution < -0.4 is 21.5 Å². The first-order valence-corrected chi connectivity index (χ1v) is 9.60. The number of fused-ring (bicyclic) bond motifs is 3. The Balaban J connectivity index is 0.00000192. The lowest BCUT2D eigenvalue weighted by Gasteiger charge is -2.14. The van der Waals surface area contributed by atoms with Gasteiger partial charge in [0.2, 0.25) is 0 Å². The second-order valence-corrected chi connectivity index (χ2v) is 7.42. The van der Waals surface area contributed by atoms with E-state index in [4.69, 9.17) is 0 Å². The van der Waals surface area contributed by atoms with Gasteiger partial charge in [-0.05, 0) is 43.5 Å². The van der Waals surface area contributed by atoms with Crippen LogP contribution in [-0.4, -0.2) is 4.57 Å². The SMILES string of the molecule is Cc1ccc(-n2c(-c3ccccc3)c[n+]3c2CCc2ccccc2-3)c(C)c1.[Br-]. The smallest absolute Gasteiger partial charge is 0.267 e. The van der Waals surface area contributed by atoms with Crippen LogP contribution in [0.25, 0.3) is 22.6 Å². The van der Waals surface area contributed by atoms with E-state index in [1.807, 2.05) is 0 Å². The monoisotopic (exact) mass is 430 g/mol. The third kappa shape index (κ3) is 3.00. The maximum Gasteiger partial charge on any atom is 0.267 e. The zero-order chi connectivity index (χ0) is 18.4. The number of hydrogen-bond donors (Lipinski definition) is 0. The van der Waals surface area contributed by atoms with Crippen molar-refractivity contribution in [3.8, 4) is 22.6 Å². The van der Waals surface area contributed by atoms with Gasteiger partial charge in [-0.15, -0.1) is 0 Å². The number of nitrogens with zero attached hydrogens (tertiary/aromatic N) is 2. The number of hydrogen-bond acceptors (Lipinski definition) is 0. The largest absolute Gasteiger partial charge is 1.00 e. The average molecular weight is 431 g/mol. The molecule has 0 fully saturated rings. The van der Waals surface area contributed by atoms with E-state index >= 15 is 0 Å². The number of para-hydroxylation sites is 1. The van der Waals surface area contributed by atoms with Crippen molar-refractivity contribution < 1.29 is 21.5 Å². The predicted octanol–water partition coefficient (Wildman–Crippen LogP) is 2.14. The van der Waals surface area contributed by atoms with E-state index in [1.54, 1.807) is 0 Å². The summed E-state index contributed by atoms with van der Waals surface area (Å²) in [6.07, 6.45) is 4.43. The molecule has 0 amide bonds. The summed E-state index contributed by atoms with van der Waals surface area (Å²) in [4.78, 5) is 0. The average Bonchev–Trinajstić information content (AvgIpc) is 3.08. The molecule has 0 spiro atoms. The Morgan fingerprint density at radius 2 is 1.57 bits per heavy atom. The Bertz CT molecular complexity index is 1140. The highest BCUT2D eigenvalue weighted by molar-refractivity contribution is 5.63. The quantitative estimate of drug-likeness (QED) is 0.430. The Morgan fingerprint density at radius 3 is 2.36 bits per heavy atom. The minimum atomic E-state index is 0. The second kappa shape index (κ2) is 7.40. The normalized spacial score (nSPS) is 12.1. The minimum Gasteiger partial charge on any atom is -1.00 e. The van der Waals surface area contributed by atoms with Gasteiger partial charge in [0, 0.05) is 5.56 Å². The van der Waals surface area contributed by atoms with E-state index < -0.39 is 0 Å². The molecule has 0 aliphatic carbocycles. The lowest BCUT2D eigenvalue weighted by molar-refractivity contribution is -0.606. The molecule has 0 unspecified atom stereocenters. The molecular weight excluding hydrogens is 408 g/mol. The lowest BCUT2D eigenvalue weighted by atomic mass is 10.0.